The number of carbonyl (C=O) groups excluding carboxylic acids is 2. The third-order valence-electron chi connectivity index (χ3n) is 5.03. The lowest BCUT2D eigenvalue weighted by Gasteiger charge is -2.31. The average molecular weight is 388 g/mol. The van der Waals surface area contributed by atoms with E-state index in [2.05, 4.69) is 20.9 Å². The predicted octanol–water partition coefficient (Wildman–Crippen LogP) is 2.35. The Labute approximate surface area is 168 Å². The number of guanidine groups is 1. The molecule has 1 aliphatic rings. The van der Waals surface area contributed by atoms with Gasteiger partial charge in [0.25, 0.3) is 0 Å². The van der Waals surface area contributed by atoms with Crippen molar-refractivity contribution < 1.29 is 9.59 Å². The van der Waals surface area contributed by atoms with Gasteiger partial charge in [-0.05, 0) is 37.5 Å². The van der Waals surface area contributed by atoms with Crippen molar-refractivity contribution in [1.82, 2.24) is 15.5 Å². The van der Waals surface area contributed by atoms with Crippen LogP contribution in [-0.2, 0) is 16.1 Å². The topological polar surface area (TPSA) is 85.8 Å². The Balaban J connectivity index is 2.06. The lowest BCUT2D eigenvalue weighted by Crippen LogP contribution is -2.49. The summed E-state index contributed by atoms with van der Waals surface area (Å²) >= 11 is 0. The first kappa shape index (κ1) is 21.7. The van der Waals surface area contributed by atoms with Crippen molar-refractivity contribution in [1.29, 1.82) is 0 Å². The molecule has 7 nitrogen and oxygen atoms in total. The van der Waals surface area contributed by atoms with E-state index < -0.39 is 0 Å². The molecule has 1 aliphatic carbocycles. The number of hydrogen-bond acceptors (Lipinski definition) is 3. The third kappa shape index (κ3) is 5.97. The molecule has 0 bridgehead atoms. The molecule has 154 valence electrons. The van der Waals surface area contributed by atoms with Gasteiger partial charge >= 0.3 is 0 Å². The second-order valence-electron chi connectivity index (χ2n) is 7.62. The predicted molar refractivity (Wildman–Crippen MR) is 113 cm³/mol. The van der Waals surface area contributed by atoms with Crippen molar-refractivity contribution in [3.63, 3.8) is 0 Å². The maximum absolute atomic E-state index is 12.7. The monoisotopic (exact) mass is 387 g/mol. The highest BCUT2D eigenvalue weighted by Crippen LogP contribution is 2.38. The van der Waals surface area contributed by atoms with Crippen LogP contribution in [0.1, 0.15) is 45.1 Å². The summed E-state index contributed by atoms with van der Waals surface area (Å²) in [4.78, 5) is 30.3. The number of benzene rings is 1. The van der Waals surface area contributed by atoms with Crippen molar-refractivity contribution in [2.45, 2.75) is 46.1 Å². The molecule has 0 aliphatic heterocycles. The molecule has 0 heterocycles. The van der Waals surface area contributed by atoms with Gasteiger partial charge in [-0.1, -0.05) is 25.0 Å². The van der Waals surface area contributed by atoms with E-state index in [1.165, 1.54) is 6.92 Å². The van der Waals surface area contributed by atoms with Crippen LogP contribution in [0.4, 0.5) is 5.69 Å². The molecular formula is C21H33N5O2. The van der Waals surface area contributed by atoms with E-state index in [-0.39, 0.29) is 17.2 Å². The van der Waals surface area contributed by atoms with Crippen LogP contribution < -0.4 is 16.0 Å². The van der Waals surface area contributed by atoms with E-state index in [9.17, 15) is 9.59 Å². The number of nitrogens with zero attached hydrogens (tertiary/aromatic N) is 2. The highest BCUT2D eigenvalue weighted by Gasteiger charge is 2.42. The molecule has 0 spiro atoms. The first-order chi connectivity index (χ1) is 13.4. The molecule has 7 heteroatoms. The second kappa shape index (κ2) is 10.1. The summed E-state index contributed by atoms with van der Waals surface area (Å²) in [6.07, 6.45) is 4.00. The summed E-state index contributed by atoms with van der Waals surface area (Å²) in [5.41, 5.74) is 1.42. The number of hydrogen-bond donors (Lipinski definition) is 3. The van der Waals surface area contributed by atoms with Crippen LogP contribution in [0.3, 0.4) is 0 Å². The molecule has 0 saturated heterocycles. The van der Waals surface area contributed by atoms with Crippen LogP contribution in [0.25, 0.3) is 0 Å². The molecule has 0 radical (unpaired) electrons. The smallest absolute Gasteiger partial charge is 0.230 e. The quantitative estimate of drug-likeness (QED) is 0.495. The lowest BCUT2D eigenvalue weighted by atomic mass is 9.84. The van der Waals surface area contributed by atoms with Crippen LogP contribution in [0.5, 0.6) is 0 Å². The Hall–Kier alpha value is -2.57. The van der Waals surface area contributed by atoms with Gasteiger partial charge in [-0.3, -0.25) is 9.59 Å². The number of nitrogens with one attached hydrogen (secondary N) is 3. The van der Waals surface area contributed by atoms with Gasteiger partial charge in [0.1, 0.15) is 0 Å². The Kier molecular flexibility index (Phi) is 7.84. The maximum atomic E-state index is 12.7. The fourth-order valence-electron chi connectivity index (χ4n) is 3.71. The van der Waals surface area contributed by atoms with Gasteiger partial charge in [-0.25, -0.2) is 4.99 Å². The molecule has 0 unspecified atom stereocenters. The van der Waals surface area contributed by atoms with Crippen LogP contribution in [0, 0.1) is 5.41 Å². The summed E-state index contributed by atoms with van der Waals surface area (Å²) in [6, 6.07) is 7.66. The van der Waals surface area contributed by atoms with Crippen LogP contribution in [-0.4, -0.2) is 49.9 Å². The van der Waals surface area contributed by atoms with E-state index >= 15 is 0 Å². The molecule has 0 aromatic heterocycles. The number of anilines is 1. The fourth-order valence-corrected chi connectivity index (χ4v) is 3.71. The summed E-state index contributed by atoms with van der Waals surface area (Å²) < 4.78 is 0. The van der Waals surface area contributed by atoms with Crippen LogP contribution in [0.15, 0.2) is 29.3 Å². The standard InChI is InChI=1S/C21H33N5O2/c1-5-22-20(23-14-17-9-8-10-18(13-17)25-16(2)27)24-15-21(11-6-7-12-21)19(28)26(3)4/h8-10,13H,5-7,11-12,14-15H2,1-4H3,(H,25,27)(H2,22,23,24). The third-order valence-corrected chi connectivity index (χ3v) is 5.03. The minimum absolute atomic E-state index is 0.0944. The van der Waals surface area contributed by atoms with Gasteiger partial charge < -0.3 is 20.9 Å². The molecule has 1 aromatic rings. The molecule has 2 rings (SSSR count). The number of carbonyl (C=O) groups is 2. The highest BCUT2D eigenvalue weighted by atomic mass is 16.2. The van der Waals surface area contributed by atoms with Gasteiger partial charge in [0, 0.05) is 39.8 Å². The zero-order chi connectivity index (χ0) is 20.6. The van der Waals surface area contributed by atoms with Crippen LogP contribution in [0.2, 0.25) is 0 Å². The number of aliphatic imine (C=N–C) groups is 1. The van der Waals surface area contributed by atoms with Gasteiger partial charge in [0.15, 0.2) is 5.96 Å². The van der Waals surface area contributed by atoms with Gasteiger partial charge in [-0.15, -0.1) is 0 Å². The fraction of sp³-hybridized carbons (Fsp3) is 0.571. The summed E-state index contributed by atoms with van der Waals surface area (Å²) in [5.74, 6) is 0.796. The van der Waals surface area contributed by atoms with E-state index in [1.54, 1.807) is 4.90 Å². The van der Waals surface area contributed by atoms with Crippen molar-refractivity contribution in [2.75, 3.05) is 32.5 Å². The zero-order valence-electron chi connectivity index (χ0n) is 17.5. The van der Waals surface area contributed by atoms with E-state index in [1.807, 2.05) is 45.3 Å². The highest BCUT2D eigenvalue weighted by molar-refractivity contribution is 5.88. The van der Waals surface area contributed by atoms with Crippen molar-refractivity contribution in [3.05, 3.63) is 29.8 Å². The Morgan fingerprint density at radius 2 is 1.89 bits per heavy atom. The zero-order valence-corrected chi connectivity index (χ0v) is 17.5. The molecule has 0 atom stereocenters. The normalized spacial score (nSPS) is 15.8. The van der Waals surface area contributed by atoms with E-state index in [0.29, 0.717) is 19.0 Å². The lowest BCUT2D eigenvalue weighted by molar-refractivity contribution is -0.138. The summed E-state index contributed by atoms with van der Waals surface area (Å²) in [6.45, 7) is 5.32. The Morgan fingerprint density at radius 3 is 2.50 bits per heavy atom. The average Bonchev–Trinajstić information content (AvgIpc) is 3.13. The molecule has 1 aromatic carbocycles. The molecule has 28 heavy (non-hydrogen) atoms. The summed E-state index contributed by atoms with van der Waals surface area (Å²) in [5, 5.41) is 9.42. The van der Waals surface area contributed by atoms with Gasteiger partial charge in [-0.2, -0.15) is 0 Å². The largest absolute Gasteiger partial charge is 0.357 e. The molecule has 3 N–H and O–H groups in total. The van der Waals surface area contributed by atoms with E-state index in [0.717, 1.165) is 43.5 Å². The number of amides is 2. The van der Waals surface area contributed by atoms with Crippen LogP contribution >= 0.6 is 0 Å². The first-order valence-electron chi connectivity index (χ1n) is 9.97. The Morgan fingerprint density at radius 1 is 1.18 bits per heavy atom. The molecular weight excluding hydrogens is 354 g/mol. The molecule has 1 saturated carbocycles. The molecule has 2 amide bonds. The van der Waals surface area contributed by atoms with Crippen molar-refractivity contribution in [2.24, 2.45) is 10.4 Å². The minimum atomic E-state index is -0.342. The SMILES string of the molecule is CCNC(=NCc1cccc(NC(C)=O)c1)NCC1(C(=O)N(C)C)CCCC1. The van der Waals surface area contributed by atoms with Gasteiger partial charge in [0.05, 0.1) is 12.0 Å². The van der Waals surface area contributed by atoms with E-state index in [4.69, 9.17) is 0 Å². The van der Waals surface area contributed by atoms with Crippen molar-refractivity contribution in [3.8, 4) is 0 Å². The maximum Gasteiger partial charge on any atom is 0.230 e. The minimum Gasteiger partial charge on any atom is -0.357 e. The van der Waals surface area contributed by atoms with Crippen molar-refractivity contribution >= 4 is 23.5 Å². The molecule has 1 fully saturated rings. The second-order valence-corrected chi connectivity index (χ2v) is 7.62. The summed E-state index contributed by atoms with van der Waals surface area (Å²) in [7, 11) is 3.65. The Bertz CT molecular complexity index is 709. The van der Waals surface area contributed by atoms with Gasteiger partial charge in [0.2, 0.25) is 11.8 Å². The first-order valence-corrected chi connectivity index (χ1v) is 9.97. The number of rotatable bonds is 7.